The molecule has 2 rings (SSSR count). The quantitative estimate of drug-likeness (QED) is 0.857. The number of methoxy groups -OCH3 is 2. The molecule has 0 saturated heterocycles. The fourth-order valence-corrected chi connectivity index (χ4v) is 2.35. The average Bonchev–Trinajstić information content (AvgIpc) is 2.47. The van der Waals surface area contributed by atoms with E-state index in [1.54, 1.807) is 24.3 Å². The Labute approximate surface area is 132 Å². The summed E-state index contributed by atoms with van der Waals surface area (Å²) in [6, 6.07) is 7.88. The van der Waals surface area contributed by atoms with Gasteiger partial charge in [0.25, 0.3) is 0 Å². The van der Waals surface area contributed by atoms with Crippen LogP contribution in [-0.4, -0.2) is 14.2 Å². The molecule has 21 heavy (non-hydrogen) atoms. The van der Waals surface area contributed by atoms with Gasteiger partial charge >= 0.3 is 0 Å². The SMILES string of the molecule is COc1cc(OC)c(NCc2c(F)cccc2Cl)cc1Cl. The van der Waals surface area contributed by atoms with Crippen molar-refractivity contribution in [3.05, 3.63) is 51.8 Å². The normalized spacial score (nSPS) is 10.3. The zero-order valence-corrected chi connectivity index (χ0v) is 13.1. The van der Waals surface area contributed by atoms with E-state index in [0.29, 0.717) is 32.8 Å². The number of halogens is 3. The van der Waals surface area contributed by atoms with Gasteiger partial charge in [-0.3, -0.25) is 0 Å². The van der Waals surface area contributed by atoms with Crippen molar-refractivity contribution in [3.8, 4) is 11.5 Å². The summed E-state index contributed by atoms with van der Waals surface area (Å²) in [7, 11) is 3.05. The highest BCUT2D eigenvalue weighted by Gasteiger charge is 2.12. The zero-order chi connectivity index (χ0) is 15.4. The molecule has 2 aromatic carbocycles. The highest BCUT2D eigenvalue weighted by Crippen LogP contribution is 2.36. The first-order valence-electron chi connectivity index (χ1n) is 6.15. The van der Waals surface area contributed by atoms with E-state index in [2.05, 4.69) is 5.32 Å². The van der Waals surface area contributed by atoms with Crippen LogP contribution in [0.5, 0.6) is 11.5 Å². The number of hydrogen-bond donors (Lipinski definition) is 1. The van der Waals surface area contributed by atoms with Crippen molar-refractivity contribution >= 4 is 28.9 Å². The van der Waals surface area contributed by atoms with Gasteiger partial charge < -0.3 is 14.8 Å². The lowest BCUT2D eigenvalue weighted by Crippen LogP contribution is -2.04. The zero-order valence-electron chi connectivity index (χ0n) is 11.5. The predicted octanol–water partition coefficient (Wildman–Crippen LogP) is 4.76. The van der Waals surface area contributed by atoms with Crippen LogP contribution in [0.25, 0.3) is 0 Å². The van der Waals surface area contributed by atoms with E-state index in [4.69, 9.17) is 32.7 Å². The minimum absolute atomic E-state index is 0.213. The Kier molecular flexibility index (Phi) is 5.15. The molecule has 0 aliphatic carbocycles. The second kappa shape index (κ2) is 6.87. The summed E-state index contributed by atoms with van der Waals surface area (Å²) in [4.78, 5) is 0. The van der Waals surface area contributed by atoms with E-state index in [1.165, 1.54) is 20.3 Å². The largest absolute Gasteiger partial charge is 0.495 e. The second-order valence-electron chi connectivity index (χ2n) is 4.24. The Hall–Kier alpha value is -1.65. The van der Waals surface area contributed by atoms with E-state index < -0.39 is 0 Å². The molecule has 0 aliphatic heterocycles. The van der Waals surface area contributed by atoms with E-state index >= 15 is 0 Å². The molecule has 112 valence electrons. The molecule has 0 bridgehead atoms. The first-order chi connectivity index (χ1) is 10.1. The predicted molar refractivity (Wildman–Crippen MR) is 83.3 cm³/mol. The average molecular weight is 330 g/mol. The van der Waals surface area contributed by atoms with Crippen LogP contribution in [0.2, 0.25) is 10.0 Å². The highest BCUT2D eigenvalue weighted by atomic mass is 35.5. The molecule has 0 spiro atoms. The van der Waals surface area contributed by atoms with Gasteiger partial charge in [0.2, 0.25) is 0 Å². The molecule has 0 amide bonds. The Bertz CT molecular complexity index is 630. The second-order valence-corrected chi connectivity index (χ2v) is 5.06. The number of anilines is 1. The van der Waals surface area contributed by atoms with Gasteiger partial charge in [-0.2, -0.15) is 0 Å². The van der Waals surface area contributed by atoms with Crippen LogP contribution in [-0.2, 0) is 6.54 Å². The van der Waals surface area contributed by atoms with Crippen molar-refractivity contribution in [3.63, 3.8) is 0 Å². The van der Waals surface area contributed by atoms with E-state index in [1.807, 2.05) is 0 Å². The van der Waals surface area contributed by atoms with Crippen LogP contribution < -0.4 is 14.8 Å². The summed E-state index contributed by atoms with van der Waals surface area (Å²) in [5.41, 5.74) is 1.01. The molecule has 0 aliphatic rings. The molecule has 0 unspecified atom stereocenters. The number of hydrogen-bond acceptors (Lipinski definition) is 3. The number of benzene rings is 2. The van der Waals surface area contributed by atoms with Crippen LogP contribution >= 0.6 is 23.2 Å². The molecular weight excluding hydrogens is 316 g/mol. The van der Waals surface area contributed by atoms with Crippen LogP contribution in [0.3, 0.4) is 0 Å². The van der Waals surface area contributed by atoms with Crippen molar-refractivity contribution in [2.45, 2.75) is 6.54 Å². The fraction of sp³-hybridized carbons (Fsp3) is 0.200. The molecule has 1 N–H and O–H groups in total. The molecule has 0 aromatic heterocycles. The molecule has 2 aromatic rings. The van der Waals surface area contributed by atoms with Gasteiger partial charge in [0.15, 0.2) is 0 Å². The standard InChI is InChI=1S/C15H14Cl2FNO2/c1-20-14-7-15(21-2)13(6-11(14)17)19-8-9-10(16)4-3-5-12(9)18/h3-7,19H,8H2,1-2H3. The summed E-state index contributed by atoms with van der Waals surface area (Å²) in [5, 5.41) is 3.86. The van der Waals surface area contributed by atoms with Crippen molar-refractivity contribution in [1.29, 1.82) is 0 Å². The summed E-state index contributed by atoms with van der Waals surface area (Å²) in [6.07, 6.45) is 0. The maximum atomic E-state index is 13.7. The van der Waals surface area contributed by atoms with Crippen molar-refractivity contribution in [1.82, 2.24) is 0 Å². The molecule has 0 radical (unpaired) electrons. The molecule has 0 atom stereocenters. The fourth-order valence-electron chi connectivity index (χ4n) is 1.88. The number of nitrogens with one attached hydrogen (secondary N) is 1. The Balaban J connectivity index is 2.26. The van der Waals surface area contributed by atoms with E-state index in [0.717, 1.165) is 0 Å². The Morgan fingerprint density at radius 2 is 1.76 bits per heavy atom. The number of ether oxygens (including phenoxy) is 2. The van der Waals surface area contributed by atoms with E-state index in [-0.39, 0.29) is 12.4 Å². The van der Waals surface area contributed by atoms with Crippen LogP contribution in [0.15, 0.2) is 30.3 Å². The lowest BCUT2D eigenvalue weighted by Gasteiger charge is -2.14. The summed E-state index contributed by atoms with van der Waals surface area (Å²) >= 11 is 12.1. The molecular formula is C15H14Cl2FNO2. The third kappa shape index (κ3) is 3.52. The third-order valence-electron chi connectivity index (χ3n) is 2.99. The van der Waals surface area contributed by atoms with Crippen LogP contribution in [0.4, 0.5) is 10.1 Å². The first kappa shape index (κ1) is 15.7. The molecule has 0 heterocycles. The molecule has 0 saturated carbocycles. The smallest absolute Gasteiger partial charge is 0.145 e. The van der Waals surface area contributed by atoms with Gasteiger partial charge in [-0.15, -0.1) is 0 Å². The van der Waals surface area contributed by atoms with Crippen LogP contribution in [0, 0.1) is 5.82 Å². The lowest BCUT2D eigenvalue weighted by molar-refractivity contribution is 0.395. The van der Waals surface area contributed by atoms with Gasteiger partial charge in [-0.1, -0.05) is 29.3 Å². The van der Waals surface area contributed by atoms with Gasteiger partial charge in [-0.25, -0.2) is 4.39 Å². The number of rotatable bonds is 5. The van der Waals surface area contributed by atoms with Crippen LogP contribution in [0.1, 0.15) is 5.56 Å². The summed E-state index contributed by atoms with van der Waals surface area (Å²) in [5.74, 6) is 0.681. The van der Waals surface area contributed by atoms with Crippen molar-refractivity contribution in [2.75, 3.05) is 19.5 Å². The molecule has 3 nitrogen and oxygen atoms in total. The van der Waals surface area contributed by atoms with Gasteiger partial charge in [-0.05, 0) is 18.2 Å². The Morgan fingerprint density at radius 1 is 1.05 bits per heavy atom. The molecule has 6 heteroatoms. The Morgan fingerprint density at radius 3 is 2.38 bits per heavy atom. The maximum Gasteiger partial charge on any atom is 0.145 e. The third-order valence-corrected chi connectivity index (χ3v) is 3.64. The van der Waals surface area contributed by atoms with Crippen molar-refractivity contribution < 1.29 is 13.9 Å². The van der Waals surface area contributed by atoms with Gasteiger partial charge in [0.1, 0.15) is 17.3 Å². The maximum absolute atomic E-state index is 13.7. The summed E-state index contributed by atoms with van der Waals surface area (Å²) in [6.45, 7) is 0.213. The topological polar surface area (TPSA) is 30.5 Å². The van der Waals surface area contributed by atoms with E-state index in [9.17, 15) is 4.39 Å². The monoisotopic (exact) mass is 329 g/mol. The molecule has 0 fully saturated rings. The minimum atomic E-state index is -0.367. The van der Waals surface area contributed by atoms with Gasteiger partial charge in [0.05, 0.1) is 24.9 Å². The lowest BCUT2D eigenvalue weighted by atomic mass is 10.2. The summed E-state index contributed by atoms with van der Waals surface area (Å²) < 4.78 is 24.1. The van der Waals surface area contributed by atoms with Gasteiger partial charge in [0, 0.05) is 23.2 Å². The minimum Gasteiger partial charge on any atom is -0.495 e. The first-order valence-corrected chi connectivity index (χ1v) is 6.90. The highest BCUT2D eigenvalue weighted by molar-refractivity contribution is 6.32. The van der Waals surface area contributed by atoms with Crippen molar-refractivity contribution in [2.24, 2.45) is 0 Å².